The highest BCUT2D eigenvalue weighted by Gasteiger charge is 2.33. The molecule has 1 aromatic carbocycles. The first kappa shape index (κ1) is 16.6. The Labute approximate surface area is 132 Å². The van der Waals surface area contributed by atoms with Gasteiger partial charge in [-0.15, -0.1) is 0 Å². The van der Waals surface area contributed by atoms with E-state index in [1.165, 1.54) is 5.56 Å². The second kappa shape index (κ2) is 6.97. The number of nitrogens with one attached hydrogen (secondary N) is 1. The van der Waals surface area contributed by atoms with E-state index in [9.17, 15) is 5.11 Å². The minimum absolute atomic E-state index is 0.0378. The van der Waals surface area contributed by atoms with Crippen molar-refractivity contribution in [1.82, 2.24) is 5.32 Å². The predicted octanol–water partition coefficient (Wildman–Crippen LogP) is 2.43. The molecule has 5 heteroatoms. The number of anilines is 1. The van der Waals surface area contributed by atoms with E-state index in [2.05, 4.69) is 37.1 Å². The highest BCUT2D eigenvalue weighted by atomic mass is 35.5. The van der Waals surface area contributed by atoms with Crippen LogP contribution in [0.3, 0.4) is 0 Å². The molecular formula is C16H25ClN2O2. The Morgan fingerprint density at radius 1 is 1.48 bits per heavy atom. The Balaban J connectivity index is 2.26. The molecule has 118 valence electrons. The highest BCUT2D eigenvalue weighted by Crippen LogP contribution is 2.30. The second-order valence-corrected chi connectivity index (χ2v) is 6.55. The molecule has 0 spiro atoms. The smallest absolute Gasteiger partial charge is 0.0988 e. The van der Waals surface area contributed by atoms with E-state index in [1.54, 1.807) is 0 Å². The SMILES string of the molecule is CCNCc1cc(Cl)ccc1N1CC(CO)OC(C)(C)C1. The number of aliphatic hydroxyl groups excluding tert-OH is 1. The van der Waals surface area contributed by atoms with Crippen LogP contribution >= 0.6 is 11.6 Å². The van der Waals surface area contributed by atoms with Crippen molar-refractivity contribution in [3.63, 3.8) is 0 Å². The first-order valence-electron chi connectivity index (χ1n) is 7.48. The summed E-state index contributed by atoms with van der Waals surface area (Å²) in [5.74, 6) is 0. The summed E-state index contributed by atoms with van der Waals surface area (Å²) in [6.45, 7) is 9.43. The molecule has 0 aliphatic carbocycles. The van der Waals surface area contributed by atoms with Gasteiger partial charge in [0.1, 0.15) is 0 Å². The number of morpholine rings is 1. The van der Waals surface area contributed by atoms with Crippen LogP contribution in [-0.4, -0.2) is 43.1 Å². The van der Waals surface area contributed by atoms with E-state index in [-0.39, 0.29) is 18.3 Å². The quantitative estimate of drug-likeness (QED) is 0.876. The van der Waals surface area contributed by atoms with Gasteiger partial charge < -0.3 is 20.1 Å². The molecule has 1 unspecified atom stereocenters. The topological polar surface area (TPSA) is 44.7 Å². The summed E-state index contributed by atoms with van der Waals surface area (Å²) < 4.78 is 5.89. The zero-order chi connectivity index (χ0) is 15.5. The normalized spacial score (nSPS) is 21.6. The maximum atomic E-state index is 9.46. The Bertz CT molecular complexity index is 479. The maximum absolute atomic E-state index is 9.46. The van der Waals surface area contributed by atoms with Crippen LogP contribution in [0.2, 0.25) is 5.02 Å². The molecule has 1 aliphatic heterocycles. The lowest BCUT2D eigenvalue weighted by Crippen LogP contribution is -2.54. The van der Waals surface area contributed by atoms with Gasteiger partial charge in [-0.25, -0.2) is 0 Å². The van der Waals surface area contributed by atoms with Gasteiger partial charge in [-0.3, -0.25) is 0 Å². The van der Waals surface area contributed by atoms with Crippen molar-refractivity contribution < 1.29 is 9.84 Å². The van der Waals surface area contributed by atoms with Crippen molar-refractivity contribution in [1.29, 1.82) is 0 Å². The molecule has 0 amide bonds. The maximum Gasteiger partial charge on any atom is 0.0988 e. The molecule has 0 aromatic heterocycles. The van der Waals surface area contributed by atoms with Crippen molar-refractivity contribution in [3.05, 3.63) is 28.8 Å². The number of aliphatic hydroxyl groups is 1. The molecular weight excluding hydrogens is 288 g/mol. The first-order chi connectivity index (χ1) is 9.95. The number of rotatable bonds is 5. The Morgan fingerprint density at radius 2 is 2.24 bits per heavy atom. The summed E-state index contributed by atoms with van der Waals surface area (Å²) in [4.78, 5) is 2.29. The molecule has 1 fully saturated rings. The van der Waals surface area contributed by atoms with Crippen molar-refractivity contribution in [2.75, 3.05) is 31.1 Å². The number of benzene rings is 1. The summed E-state index contributed by atoms with van der Waals surface area (Å²) in [6.07, 6.45) is -0.156. The van der Waals surface area contributed by atoms with Crippen molar-refractivity contribution in [2.24, 2.45) is 0 Å². The van der Waals surface area contributed by atoms with Crippen molar-refractivity contribution >= 4 is 17.3 Å². The van der Waals surface area contributed by atoms with E-state index in [4.69, 9.17) is 16.3 Å². The average Bonchev–Trinajstić information content (AvgIpc) is 2.43. The van der Waals surface area contributed by atoms with Gasteiger partial charge in [0.05, 0.1) is 18.3 Å². The molecule has 1 heterocycles. The first-order valence-corrected chi connectivity index (χ1v) is 7.85. The summed E-state index contributed by atoms with van der Waals surface area (Å²) in [5.41, 5.74) is 2.06. The van der Waals surface area contributed by atoms with Crippen LogP contribution in [-0.2, 0) is 11.3 Å². The van der Waals surface area contributed by atoms with Crippen LogP contribution in [0.15, 0.2) is 18.2 Å². The van der Waals surface area contributed by atoms with Gasteiger partial charge in [0.2, 0.25) is 0 Å². The monoisotopic (exact) mass is 312 g/mol. The predicted molar refractivity (Wildman–Crippen MR) is 87.1 cm³/mol. The van der Waals surface area contributed by atoms with Gasteiger partial charge in [-0.05, 0) is 44.2 Å². The van der Waals surface area contributed by atoms with Crippen LogP contribution in [0.5, 0.6) is 0 Å². The van der Waals surface area contributed by atoms with Crippen LogP contribution in [0, 0.1) is 0 Å². The van der Waals surface area contributed by atoms with Crippen LogP contribution in [0.1, 0.15) is 26.3 Å². The summed E-state index contributed by atoms with van der Waals surface area (Å²) in [6, 6.07) is 5.99. The molecule has 1 atom stereocenters. The summed E-state index contributed by atoms with van der Waals surface area (Å²) in [5, 5.41) is 13.6. The van der Waals surface area contributed by atoms with Gasteiger partial charge in [0, 0.05) is 30.3 Å². The second-order valence-electron chi connectivity index (χ2n) is 6.12. The number of hydrogen-bond acceptors (Lipinski definition) is 4. The molecule has 0 saturated carbocycles. The van der Waals surface area contributed by atoms with E-state index >= 15 is 0 Å². The lowest BCUT2D eigenvalue weighted by molar-refractivity contribution is -0.101. The molecule has 1 aromatic rings. The number of hydrogen-bond donors (Lipinski definition) is 2. The number of ether oxygens (including phenoxy) is 1. The van der Waals surface area contributed by atoms with Gasteiger partial charge >= 0.3 is 0 Å². The largest absolute Gasteiger partial charge is 0.394 e. The van der Waals surface area contributed by atoms with Crippen molar-refractivity contribution in [2.45, 2.75) is 39.0 Å². The summed E-state index contributed by atoms with van der Waals surface area (Å²) in [7, 11) is 0. The Morgan fingerprint density at radius 3 is 2.90 bits per heavy atom. The zero-order valence-electron chi connectivity index (χ0n) is 13.0. The van der Waals surface area contributed by atoms with Gasteiger partial charge in [-0.1, -0.05) is 18.5 Å². The minimum Gasteiger partial charge on any atom is -0.394 e. The van der Waals surface area contributed by atoms with E-state index in [0.29, 0.717) is 6.54 Å². The molecule has 0 radical (unpaired) electrons. The Hall–Kier alpha value is -0.810. The van der Waals surface area contributed by atoms with E-state index in [1.807, 2.05) is 12.1 Å². The molecule has 21 heavy (non-hydrogen) atoms. The molecule has 1 aliphatic rings. The number of nitrogens with zero attached hydrogens (tertiary/aromatic N) is 1. The fourth-order valence-corrected chi connectivity index (χ4v) is 3.03. The van der Waals surface area contributed by atoms with Gasteiger partial charge in [-0.2, -0.15) is 0 Å². The van der Waals surface area contributed by atoms with E-state index < -0.39 is 0 Å². The molecule has 2 N–H and O–H groups in total. The zero-order valence-corrected chi connectivity index (χ0v) is 13.8. The summed E-state index contributed by atoms with van der Waals surface area (Å²) >= 11 is 6.14. The fourth-order valence-electron chi connectivity index (χ4n) is 2.84. The standard InChI is InChI=1S/C16H25ClN2O2/c1-4-18-8-12-7-13(17)5-6-15(12)19-9-14(10-20)21-16(2,3)11-19/h5-7,14,18,20H,4,8-11H2,1-3H3. The van der Waals surface area contributed by atoms with Gasteiger partial charge in [0.25, 0.3) is 0 Å². The molecule has 4 nitrogen and oxygen atoms in total. The third-order valence-electron chi connectivity index (χ3n) is 3.63. The van der Waals surface area contributed by atoms with Crippen LogP contribution in [0.25, 0.3) is 0 Å². The van der Waals surface area contributed by atoms with Crippen LogP contribution < -0.4 is 10.2 Å². The lowest BCUT2D eigenvalue weighted by atomic mass is 10.0. The average molecular weight is 313 g/mol. The van der Waals surface area contributed by atoms with Crippen molar-refractivity contribution in [3.8, 4) is 0 Å². The highest BCUT2D eigenvalue weighted by molar-refractivity contribution is 6.30. The fraction of sp³-hybridized carbons (Fsp3) is 0.625. The number of halogens is 1. The lowest BCUT2D eigenvalue weighted by Gasteiger charge is -2.44. The van der Waals surface area contributed by atoms with Crippen LogP contribution in [0.4, 0.5) is 5.69 Å². The van der Waals surface area contributed by atoms with E-state index in [0.717, 1.165) is 30.3 Å². The minimum atomic E-state index is -0.277. The molecule has 2 rings (SSSR count). The molecule has 0 bridgehead atoms. The Kier molecular flexibility index (Phi) is 5.49. The third kappa shape index (κ3) is 4.33. The molecule has 1 saturated heterocycles. The van der Waals surface area contributed by atoms with Gasteiger partial charge in [0.15, 0.2) is 0 Å². The third-order valence-corrected chi connectivity index (χ3v) is 3.87.